The number of nitrogens with zero attached hydrogens (tertiary/aromatic N) is 3. The quantitative estimate of drug-likeness (QED) is 0.347. The highest BCUT2D eigenvalue weighted by Crippen LogP contribution is 2.38. The van der Waals surface area contributed by atoms with E-state index in [0.29, 0.717) is 5.75 Å². The Morgan fingerprint density at radius 3 is 2.61 bits per heavy atom. The van der Waals surface area contributed by atoms with Crippen molar-refractivity contribution in [2.75, 3.05) is 13.2 Å². The third-order valence-electron chi connectivity index (χ3n) is 7.15. The first-order chi connectivity index (χ1) is 17.3. The molecule has 6 heteroatoms. The lowest BCUT2D eigenvalue weighted by Crippen LogP contribution is -2.46. The number of fused-ring (bicyclic) bond motifs is 2. The van der Waals surface area contributed by atoms with Gasteiger partial charge in [0, 0.05) is 40.7 Å². The standard InChI is InChI=1S/C30H29N3O3/c1-18-11-22-15-31-27(21-9-10-28-23(13-21)19(2)32-33(28)4)14-25(22)24(12-18)20(3)36-29-8-6-5-7-26(29)30(34)16-35-17-30/h5-15,20,34H,16-17H2,1-4H3/t20-/m1/s1. The summed E-state index contributed by atoms with van der Waals surface area (Å²) in [6.07, 6.45) is 1.70. The average Bonchev–Trinajstić information content (AvgIpc) is 3.14. The van der Waals surface area contributed by atoms with Gasteiger partial charge in [-0.3, -0.25) is 9.67 Å². The minimum absolute atomic E-state index is 0.239. The molecule has 1 atom stereocenters. The van der Waals surface area contributed by atoms with Gasteiger partial charge in [-0.2, -0.15) is 5.10 Å². The summed E-state index contributed by atoms with van der Waals surface area (Å²) >= 11 is 0. The zero-order valence-corrected chi connectivity index (χ0v) is 20.9. The minimum atomic E-state index is -0.995. The Bertz CT molecular complexity index is 1620. The van der Waals surface area contributed by atoms with Crippen LogP contribution in [0, 0.1) is 13.8 Å². The number of aryl methyl sites for hydroxylation is 3. The van der Waals surface area contributed by atoms with Gasteiger partial charge in [-0.15, -0.1) is 0 Å². The van der Waals surface area contributed by atoms with Crippen molar-refractivity contribution >= 4 is 21.7 Å². The van der Waals surface area contributed by atoms with Gasteiger partial charge in [0.15, 0.2) is 0 Å². The van der Waals surface area contributed by atoms with Crippen molar-refractivity contribution in [3.8, 4) is 17.0 Å². The zero-order valence-electron chi connectivity index (χ0n) is 20.9. The van der Waals surface area contributed by atoms with E-state index in [-0.39, 0.29) is 19.3 Å². The molecule has 1 fully saturated rings. The van der Waals surface area contributed by atoms with Crippen molar-refractivity contribution in [3.05, 3.63) is 89.2 Å². The van der Waals surface area contributed by atoms with E-state index in [1.807, 2.05) is 49.1 Å². The van der Waals surface area contributed by atoms with E-state index in [1.165, 1.54) is 0 Å². The minimum Gasteiger partial charge on any atom is -0.486 e. The van der Waals surface area contributed by atoms with Crippen LogP contribution >= 0.6 is 0 Å². The fourth-order valence-corrected chi connectivity index (χ4v) is 5.19. The average molecular weight is 480 g/mol. The van der Waals surface area contributed by atoms with Crippen molar-refractivity contribution in [3.63, 3.8) is 0 Å². The second kappa shape index (κ2) is 8.43. The van der Waals surface area contributed by atoms with Gasteiger partial charge in [0.2, 0.25) is 0 Å². The Hall–Kier alpha value is -3.74. The normalized spacial score (nSPS) is 15.7. The van der Waals surface area contributed by atoms with Gasteiger partial charge in [0.25, 0.3) is 0 Å². The van der Waals surface area contributed by atoms with Crippen LogP contribution in [0.4, 0.5) is 0 Å². The van der Waals surface area contributed by atoms with Crippen molar-refractivity contribution in [1.29, 1.82) is 0 Å². The monoisotopic (exact) mass is 479 g/mol. The molecule has 3 heterocycles. The molecule has 1 saturated heterocycles. The molecule has 6 rings (SSSR count). The van der Waals surface area contributed by atoms with Gasteiger partial charge in [-0.1, -0.05) is 35.9 Å². The van der Waals surface area contributed by atoms with Gasteiger partial charge in [-0.05, 0) is 56.5 Å². The molecule has 3 aromatic carbocycles. The van der Waals surface area contributed by atoms with Crippen LogP contribution in [0.3, 0.4) is 0 Å². The fraction of sp³-hybridized carbons (Fsp3) is 0.267. The lowest BCUT2D eigenvalue weighted by Gasteiger charge is -2.38. The molecule has 0 radical (unpaired) electrons. The van der Waals surface area contributed by atoms with Crippen molar-refractivity contribution in [1.82, 2.24) is 14.8 Å². The fourth-order valence-electron chi connectivity index (χ4n) is 5.19. The van der Waals surface area contributed by atoms with Crippen LogP contribution in [-0.2, 0) is 17.4 Å². The summed E-state index contributed by atoms with van der Waals surface area (Å²) in [5.74, 6) is 0.678. The largest absolute Gasteiger partial charge is 0.486 e. The first kappa shape index (κ1) is 22.7. The molecule has 0 amide bonds. The second-order valence-electron chi connectivity index (χ2n) is 9.87. The van der Waals surface area contributed by atoms with Crippen LogP contribution in [0.25, 0.3) is 32.9 Å². The summed E-state index contributed by atoms with van der Waals surface area (Å²) in [6, 6.07) is 20.5. The number of aromatic nitrogens is 3. The summed E-state index contributed by atoms with van der Waals surface area (Å²) < 4.78 is 13.7. The molecule has 2 aromatic heterocycles. The Kier molecular flexibility index (Phi) is 5.32. The summed E-state index contributed by atoms with van der Waals surface area (Å²) in [6.45, 7) is 6.74. The topological polar surface area (TPSA) is 69.4 Å². The summed E-state index contributed by atoms with van der Waals surface area (Å²) in [4.78, 5) is 4.80. The molecule has 1 aliphatic heterocycles. The van der Waals surface area contributed by atoms with Crippen LogP contribution in [0.5, 0.6) is 5.75 Å². The molecular weight excluding hydrogens is 450 g/mol. The SMILES string of the molecule is Cc1cc([C@@H](C)Oc2ccccc2C2(O)COC2)c2cc(-c3ccc4c(c3)c(C)nn4C)ncc2c1. The van der Waals surface area contributed by atoms with Crippen molar-refractivity contribution < 1.29 is 14.6 Å². The van der Waals surface area contributed by atoms with Crippen LogP contribution in [-0.4, -0.2) is 33.1 Å². The van der Waals surface area contributed by atoms with Crippen LogP contribution in [0.2, 0.25) is 0 Å². The smallest absolute Gasteiger partial charge is 0.140 e. The summed E-state index contributed by atoms with van der Waals surface area (Å²) in [7, 11) is 1.97. The van der Waals surface area contributed by atoms with Gasteiger partial charge >= 0.3 is 0 Å². The number of hydrogen-bond acceptors (Lipinski definition) is 5. The number of aliphatic hydroxyl groups is 1. The van der Waals surface area contributed by atoms with Crippen LogP contribution in [0.1, 0.15) is 35.4 Å². The Balaban J connectivity index is 1.41. The molecule has 0 bridgehead atoms. The number of para-hydroxylation sites is 1. The van der Waals surface area contributed by atoms with Gasteiger partial charge in [0.1, 0.15) is 17.5 Å². The third-order valence-corrected chi connectivity index (χ3v) is 7.15. The maximum absolute atomic E-state index is 10.9. The highest BCUT2D eigenvalue weighted by atomic mass is 16.5. The van der Waals surface area contributed by atoms with E-state index in [9.17, 15) is 5.11 Å². The van der Waals surface area contributed by atoms with Crippen molar-refractivity contribution in [2.45, 2.75) is 32.5 Å². The molecule has 182 valence electrons. The lowest BCUT2D eigenvalue weighted by molar-refractivity contribution is -0.185. The van der Waals surface area contributed by atoms with E-state index in [4.69, 9.17) is 14.5 Å². The summed E-state index contributed by atoms with van der Waals surface area (Å²) in [5, 5.41) is 18.8. The molecule has 0 aliphatic carbocycles. The Labute approximate surface area is 210 Å². The molecule has 0 spiro atoms. The highest BCUT2D eigenvalue weighted by molar-refractivity contribution is 5.91. The van der Waals surface area contributed by atoms with E-state index in [2.05, 4.69) is 55.3 Å². The Morgan fingerprint density at radius 1 is 1.03 bits per heavy atom. The number of benzene rings is 3. The number of ether oxygens (including phenoxy) is 2. The maximum atomic E-state index is 10.9. The molecule has 36 heavy (non-hydrogen) atoms. The van der Waals surface area contributed by atoms with Crippen LogP contribution < -0.4 is 4.74 Å². The zero-order chi connectivity index (χ0) is 25.0. The predicted octanol–water partition coefficient (Wildman–Crippen LogP) is 5.76. The summed E-state index contributed by atoms with van der Waals surface area (Å²) in [5.41, 5.74) is 6.07. The first-order valence-electron chi connectivity index (χ1n) is 12.2. The molecule has 6 nitrogen and oxygen atoms in total. The maximum Gasteiger partial charge on any atom is 0.140 e. The van der Waals surface area contributed by atoms with Gasteiger partial charge in [0.05, 0.1) is 30.1 Å². The molecular formula is C30H29N3O3. The van der Waals surface area contributed by atoms with Gasteiger partial charge in [-0.25, -0.2) is 0 Å². The van der Waals surface area contributed by atoms with E-state index < -0.39 is 5.60 Å². The number of pyridine rings is 1. The van der Waals surface area contributed by atoms with E-state index >= 15 is 0 Å². The van der Waals surface area contributed by atoms with Gasteiger partial charge < -0.3 is 14.6 Å². The lowest BCUT2D eigenvalue weighted by atomic mass is 9.91. The number of rotatable bonds is 5. The van der Waals surface area contributed by atoms with E-state index in [0.717, 1.165) is 55.3 Å². The molecule has 1 aliphatic rings. The van der Waals surface area contributed by atoms with E-state index in [1.54, 1.807) is 0 Å². The number of hydrogen-bond donors (Lipinski definition) is 1. The second-order valence-corrected chi connectivity index (χ2v) is 9.87. The molecule has 1 N–H and O–H groups in total. The molecule has 0 unspecified atom stereocenters. The third kappa shape index (κ3) is 3.74. The van der Waals surface area contributed by atoms with Crippen molar-refractivity contribution in [2.24, 2.45) is 7.05 Å². The molecule has 5 aromatic rings. The Morgan fingerprint density at radius 2 is 1.83 bits per heavy atom. The first-order valence-corrected chi connectivity index (χ1v) is 12.2. The molecule has 0 saturated carbocycles. The highest BCUT2D eigenvalue weighted by Gasteiger charge is 2.40. The van der Waals surface area contributed by atoms with Crippen LogP contribution in [0.15, 0.2) is 66.9 Å². The predicted molar refractivity (Wildman–Crippen MR) is 141 cm³/mol.